The molecule has 0 radical (unpaired) electrons. The molecule has 0 nitrogen and oxygen atoms in total. The Labute approximate surface area is 137 Å². The second-order valence-electron chi connectivity index (χ2n) is 7.62. The van der Waals surface area contributed by atoms with E-state index in [0.717, 1.165) is 0 Å². The minimum Gasteiger partial charge on any atom is -0.0616 e. The maximum Gasteiger partial charge on any atom is -0.00989 e. The van der Waals surface area contributed by atoms with Crippen molar-refractivity contribution < 1.29 is 0 Å². The summed E-state index contributed by atoms with van der Waals surface area (Å²) in [5, 5.41) is 7.98. The van der Waals surface area contributed by atoms with Crippen molar-refractivity contribution >= 4 is 32.3 Å². The highest BCUT2D eigenvalue weighted by atomic mass is 14.2. The van der Waals surface area contributed by atoms with Crippen LogP contribution in [0, 0.1) is 6.92 Å². The van der Waals surface area contributed by atoms with Gasteiger partial charge >= 0.3 is 0 Å². The predicted octanol–water partition coefficient (Wildman–Crippen LogP) is 6.75. The largest absolute Gasteiger partial charge is 0.0616 e. The molecule has 0 aliphatic rings. The van der Waals surface area contributed by atoms with Crippen LogP contribution in [0.3, 0.4) is 0 Å². The van der Waals surface area contributed by atoms with Gasteiger partial charge in [0.1, 0.15) is 0 Å². The molecule has 0 atom stereocenters. The van der Waals surface area contributed by atoms with Crippen molar-refractivity contribution in [3.05, 3.63) is 71.8 Å². The highest BCUT2D eigenvalue weighted by molar-refractivity contribution is 6.12. The van der Waals surface area contributed by atoms with Gasteiger partial charge in [0.05, 0.1) is 0 Å². The summed E-state index contributed by atoms with van der Waals surface area (Å²) in [6.07, 6.45) is 0. The summed E-state index contributed by atoms with van der Waals surface area (Å²) in [4.78, 5) is 0. The van der Waals surface area contributed by atoms with Crippen LogP contribution in [0.15, 0.2) is 60.7 Å². The average molecular weight is 298 g/mol. The Kier molecular flexibility index (Phi) is 2.99. The molecule has 0 bridgehead atoms. The third kappa shape index (κ3) is 2.30. The summed E-state index contributed by atoms with van der Waals surface area (Å²) in [7, 11) is 0. The van der Waals surface area contributed by atoms with E-state index in [2.05, 4.69) is 88.4 Å². The molecule has 0 aliphatic carbocycles. The third-order valence-electron chi connectivity index (χ3n) is 4.86. The molecule has 0 aliphatic heterocycles. The smallest absolute Gasteiger partial charge is 0.00989 e. The lowest BCUT2D eigenvalue weighted by molar-refractivity contribution is 0.587. The number of hydrogen-bond acceptors (Lipinski definition) is 0. The van der Waals surface area contributed by atoms with Crippen LogP contribution in [0.5, 0.6) is 0 Å². The van der Waals surface area contributed by atoms with Crippen molar-refractivity contribution in [2.24, 2.45) is 0 Å². The second kappa shape index (κ2) is 4.83. The minimum absolute atomic E-state index is 0.177. The van der Waals surface area contributed by atoms with E-state index >= 15 is 0 Å². The first kappa shape index (κ1) is 14.3. The molecule has 0 spiro atoms. The first-order chi connectivity index (χ1) is 10.9. The lowest BCUT2D eigenvalue weighted by Crippen LogP contribution is -2.12. The quantitative estimate of drug-likeness (QED) is 0.249. The molecule has 0 saturated carbocycles. The number of rotatable bonds is 0. The van der Waals surface area contributed by atoms with Crippen molar-refractivity contribution in [3.63, 3.8) is 0 Å². The van der Waals surface area contributed by atoms with Gasteiger partial charge in [-0.15, -0.1) is 0 Å². The number of hydrogen-bond donors (Lipinski definition) is 0. The Morgan fingerprint density at radius 2 is 1.17 bits per heavy atom. The lowest BCUT2D eigenvalue weighted by Gasteiger charge is -2.22. The molecule has 4 aromatic carbocycles. The Bertz CT molecular complexity index is 1050. The number of fused-ring (bicyclic) bond motifs is 4. The zero-order valence-electron chi connectivity index (χ0n) is 14.3. The van der Waals surface area contributed by atoms with Gasteiger partial charge in [-0.05, 0) is 67.9 Å². The van der Waals surface area contributed by atoms with E-state index in [4.69, 9.17) is 0 Å². The Hall–Kier alpha value is -2.34. The van der Waals surface area contributed by atoms with Gasteiger partial charge < -0.3 is 0 Å². The molecule has 4 rings (SSSR count). The molecule has 0 aromatic heterocycles. The SMILES string of the molecule is Cc1cc2c(ccc3cc4ccccc4cc32)cc1C(C)(C)C. The van der Waals surface area contributed by atoms with E-state index in [-0.39, 0.29) is 5.41 Å². The van der Waals surface area contributed by atoms with Crippen molar-refractivity contribution in [1.29, 1.82) is 0 Å². The van der Waals surface area contributed by atoms with Crippen LogP contribution in [0.2, 0.25) is 0 Å². The van der Waals surface area contributed by atoms with Crippen molar-refractivity contribution in [2.45, 2.75) is 33.1 Å². The zero-order valence-corrected chi connectivity index (χ0v) is 14.3. The molecule has 0 heteroatoms. The van der Waals surface area contributed by atoms with Gasteiger partial charge in [0.2, 0.25) is 0 Å². The van der Waals surface area contributed by atoms with Crippen molar-refractivity contribution in [2.75, 3.05) is 0 Å². The molecule has 0 fully saturated rings. The average Bonchev–Trinajstić information content (AvgIpc) is 2.51. The predicted molar refractivity (Wildman–Crippen MR) is 102 cm³/mol. The van der Waals surface area contributed by atoms with Gasteiger partial charge in [-0.3, -0.25) is 0 Å². The van der Waals surface area contributed by atoms with Crippen LogP contribution < -0.4 is 0 Å². The number of benzene rings is 4. The third-order valence-corrected chi connectivity index (χ3v) is 4.86. The first-order valence-corrected chi connectivity index (χ1v) is 8.30. The van der Waals surface area contributed by atoms with E-state index < -0.39 is 0 Å². The van der Waals surface area contributed by atoms with Crippen LogP contribution in [0.4, 0.5) is 0 Å². The Morgan fingerprint density at radius 1 is 0.609 bits per heavy atom. The van der Waals surface area contributed by atoms with E-state index in [9.17, 15) is 0 Å². The van der Waals surface area contributed by atoms with E-state index in [1.54, 1.807) is 0 Å². The van der Waals surface area contributed by atoms with E-state index in [1.165, 1.54) is 43.4 Å². The maximum atomic E-state index is 2.37. The molecule has 114 valence electrons. The van der Waals surface area contributed by atoms with Gasteiger partial charge in [0, 0.05) is 0 Å². The lowest BCUT2D eigenvalue weighted by atomic mass is 9.82. The normalized spacial score (nSPS) is 12.3. The van der Waals surface area contributed by atoms with Gasteiger partial charge in [0.25, 0.3) is 0 Å². The van der Waals surface area contributed by atoms with Crippen molar-refractivity contribution in [1.82, 2.24) is 0 Å². The Morgan fingerprint density at radius 3 is 1.83 bits per heavy atom. The molecule has 0 saturated heterocycles. The van der Waals surface area contributed by atoms with Crippen LogP contribution in [0.1, 0.15) is 31.9 Å². The van der Waals surface area contributed by atoms with Crippen LogP contribution in [-0.2, 0) is 5.41 Å². The highest BCUT2D eigenvalue weighted by Gasteiger charge is 2.17. The monoisotopic (exact) mass is 298 g/mol. The number of aryl methyl sites for hydroxylation is 1. The summed E-state index contributed by atoms with van der Waals surface area (Å²) >= 11 is 0. The maximum absolute atomic E-state index is 2.37. The molecule has 0 N–H and O–H groups in total. The fourth-order valence-electron chi connectivity index (χ4n) is 3.71. The first-order valence-electron chi connectivity index (χ1n) is 8.30. The standard InChI is InChI=1S/C23H22/c1-15-11-20-19(14-22(15)23(2,3)4)10-9-18-12-16-7-5-6-8-17(16)13-21(18)20/h5-14H,1-4H3. The summed E-state index contributed by atoms with van der Waals surface area (Å²) in [6.45, 7) is 9.10. The van der Waals surface area contributed by atoms with E-state index in [0.29, 0.717) is 0 Å². The summed E-state index contributed by atoms with van der Waals surface area (Å²) in [5.74, 6) is 0. The van der Waals surface area contributed by atoms with Gasteiger partial charge in [-0.1, -0.05) is 69.3 Å². The Balaban J connectivity index is 2.12. The fourth-order valence-corrected chi connectivity index (χ4v) is 3.71. The fraction of sp³-hybridized carbons (Fsp3) is 0.217. The zero-order chi connectivity index (χ0) is 16.2. The molecule has 4 aromatic rings. The summed E-state index contributed by atoms with van der Waals surface area (Å²) in [6, 6.07) is 22.5. The molecule has 0 heterocycles. The van der Waals surface area contributed by atoms with Crippen LogP contribution in [-0.4, -0.2) is 0 Å². The topological polar surface area (TPSA) is 0 Å². The summed E-state index contributed by atoms with van der Waals surface area (Å²) in [5.41, 5.74) is 2.99. The molecular formula is C23H22. The van der Waals surface area contributed by atoms with Gasteiger partial charge in [-0.2, -0.15) is 0 Å². The van der Waals surface area contributed by atoms with Gasteiger partial charge in [-0.25, -0.2) is 0 Å². The second-order valence-corrected chi connectivity index (χ2v) is 7.62. The summed E-state index contributed by atoms with van der Waals surface area (Å²) < 4.78 is 0. The van der Waals surface area contributed by atoms with Gasteiger partial charge in [0.15, 0.2) is 0 Å². The molecule has 23 heavy (non-hydrogen) atoms. The van der Waals surface area contributed by atoms with E-state index in [1.807, 2.05) is 0 Å². The molecule has 0 amide bonds. The molecular weight excluding hydrogens is 276 g/mol. The highest BCUT2D eigenvalue weighted by Crippen LogP contribution is 2.34. The van der Waals surface area contributed by atoms with Crippen LogP contribution in [0.25, 0.3) is 32.3 Å². The minimum atomic E-state index is 0.177. The van der Waals surface area contributed by atoms with Crippen LogP contribution >= 0.6 is 0 Å². The van der Waals surface area contributed by atoms with Crippen molar-refractivity contribution in [3.8, 4) is 0 Å². The molecule has 0 unspecified atom stereocenters.